The number of hydrogen-bond donors (Lipinski definition) is 1. The van der Waals surface area contributed by atoms with Crippen molar-refractivity contribution in [3.8, 4) is 0 Å². The van der Waals surface area contributed by atoms with E-state index in [0.717, 1.165) is 24.8 Å². The average Bonchev–Trinajstić information content (AvgIpc) is 2.61. The summed E-state index contributed by atoms with van der Waals surface area (Å²) in [4.78, 5) is 24.0. The summed E-state index contributed by atoms with van der Waals surface area (Å²) in [6.07, 6.45) is 2.97. The lowest BCUT2D eigenvalue weighted by Crippen LogP contribution is -2.34. The summed E-state index contributed by atoms with van der Waals surface area (Å²) in [5.41, 5.74) is 2.79. The highest BCUT2D eigenvalue weighted by molar-refractivity contribution is 6.30. The topological polar surface area (TPSA) is 55.4 Å². The molecule has 2 aromatic carbocycles. The zero-order valence-corrected chi connectivity index (χ0v) is 13.9. The van der Waals surface area contributed by atoms with Gasteiger partial charge in [-0.25, -0.2) is 4.79 Å². The minimum absolute atomic E-state index is 0.0170. The van der Waals surface area contributed by atoms with Crippen molar-refractivity contribution < 1.29 is 14.3 Å². The third-order valence-corrected chi connectivity index (χ3v) is 4.37. The zero-order chi connectivity index (χ0) is 16.9. The Morgan fingerprint density at radius 2 is 1.88 bits per heavy atom. The van der Waals surface area contributed by atoms with Crippen molar-refractivity contribution in [3.63, 3.8) is 0 Å². The van der Waals surface area contributed by atoms with Gasteiger partial charge in [0.25, 0.3) is 5.91 Å². The number of carbonyl (C=O) groups is 2. The van der Waals surface area contributed by atoms with Gasteiger partial charge in [-0.2, -0.15) is 0 Å². The molecule has 1 aliphatic rings. The van der Waals surface area contributed by atoms with Gasteiger partial charge in [0, 0.05) is 5.02 Å². The number of esters is 1. The number of benzene rings is 2. The first-order valence-electron chi connectivity index (χ1n) is 7.93. The van der Waals surface area contributed by atoms with E-state index in [0.29, 0.717) is 10.6 Å². The van der Waals surface area contributed by atoms with Gasteiger partial charge in [0.1, 0.15) is 0 Å². The summed E-state index contributed by atoms with van der Waals surface area (Å²) < 4.78 is 5.07. The van der Waals surface area contributed by atoms with Crippen LogP contribution in [0.15, 0.2) is 48.5 Å². The lowest BCUT2D eigenvalue weighted by atomic mass is 9.88. The number of ether oxygens (including phenoxy) is 1. The van der Waals surface area contributed by atoms with Crippen LogP contribution >= 0.6 is 11.6 Å². The predicted octanol–water partition coefficient (Wildman–Crippen LogP) is 3.69. The van der Waals surface area contributed by atoms with Crippen LogP contribution in [0.5, 0.6) is 0 Å². The maximum Gasteiger partial charge on any atom is 0.338 e. The Morgan fingerprint density at radius 3 is 2.67 bits per heavy atom. The van der Waals surface area contributed by atoms with E-state index in [2.05, 4.69) is 11.4 Å². The molecule has 4 nitrogen and oxygen atoms in total. The molecule has 0 spiro atoms. The van der Waals surface area contributed by atoms with Crippen LogP contribution in [0.3, 0.4) is 0 Å². The molecule has 1 atom stereocenters. The molecule has 1 N–H and O–H groups in total. The molecule has 0 fully saturated rings. The van der Waals surface area contributed by atoms with Crippen LogP contribution in [0.1, 0.15) is 40.4 Å². The van der Waals surface area contributed by atoms with Gasteiger partial charge in [-0.3, -0.25) is 4.79 Å². The molecule has 0 radical (unpaired) electrons. The summed E-state index contributed by atoms with van der Waals surface area (Å²) in [5.74, 6) is -0.829. The van der Waals surface area contributed by atoms with Crippen molar-refractivity contribution in [3.05, 3.63) is 70.2 Å². The SMILES string of the molecule is O=C(COC(=O)c1ccc(Cl)cc1)N[C@@H]1CCCc2ccccc21. The maximum atomic E-state index is 12.1. The van der Waals surface area contributed by atoms with Crippen molar-refractivity contribution in [1.29, 1.82) is 0 Å². The number of hydrogen-bond acceptors (Lipinski definition) is 3. The quantitative estimate of drug-likeness (QED) is 0.861. The molecule has 1 amide bonds. The number of halogens is 1. The second-order valence-corrected chi connectivity index (χ2v) is 6.23. The molecule has 0 heterocycles. The van der Waals surface area contributed by atoms with E-state index < -0.39 is 5.97 Å². The van der Waals surface area contributed by atoms with Gasteiger partial charge in [0.05, 0.1) is 11.6 Å². The van der Waals surface area contributed by atoms with Crippen molar-refractivity contribution >= 4 is 23.5 Å². The Hall–Kier alpha value is -2.33. The molecular formula is C19H18ClNO3. The summed E-state index contributed by atoms with van der Waals surface area (Å²) in [6.45, 7) is -0.292. The first kappa shape index (κ1) is 16.5. The van der Waals surface area contributed by atoms with Crippen LogP contribution in [0.4, 0.5) is 0 Å². The van der Waals surface area contributed by atoms with E-state index in [1.807, 2.05) is 18.2 Å². The summed E-state index contributed by atoms with van der Waals surface area (Å²) in [5, 5.41) is 3.50. The summed E-state index contributed by atoms with van der Waals surface area (Å²) >= 11 is 5.78. The molecule has 5 heteroatoms. The Morgan fingerprint density at radius 1 is 1.12 bits per heavy atom. The Labute approximate surface area is 145 Å². The van der Waals surface area contributed by atoms with E-state index in [-0.39, 0.29) is 18.6 Å². The van der Waals surface area contributed by atoms with E-state index in [9.17, 15) is 9.59 Å². The molecule has 0 aromatic heterocycles. The zero-order valence-electron chi connectivity index (χ0n) is 13.1. The van der Waals surface area contributed by atoms with Crippen LogP contribution < -0.4 is 5.32 Å². The monoisotopic (exact) mass is 343 g/mol. The molecule has 0 saturated carbocycles. The third-order valence-electron chi connectivity index (χ3n) is 4.12. The molecule has 2 aromatic rings. The number of aryl methyl sites for hydroxylation is 1. The number of fused-ring (bicyclic) bond motifs is 1. The van der Waals surface area contributed by atoms with Crippen LogP contribution in [0.25, 0.3) is 0 Å². The Balaban J connectivity index is 1.55. The molecular weight excluding hydrogens is 326 g/mol. The van der Waals surface area contributed by atoms with Crippen LogP contribution in [-0.4, -0.2) is 18.5 Å². The molecule has 124 valence electrons. The van der Waals surface area contributed by atoms with E-state index in [1.54, 1.807) is 24.3 Å². The maximum absolute atomic E-state index is 12.1. The Bertz CT molecular complexity index is 743. The third kappa shape index (κ3) is 3.95. The minimum Gasteiger partial charge on any atom is -0.452 e. The Kier molecular flexibility index (Phi) is 5.16. The first-order valence-corrected chi connectivity index (χ1v) is 8.31. The van der Waals surface area contributed by atoms with Crippen LogP contribution in [0.2, 0.25) is 5.02 Å². The van der Waals surface area contributed by atoms with E-state index in [1.165, 1.54) is 5.56 Å². The van der Waals surface area contributed by atoms with Gasteiger partial charge in [-0.15, -0.1) is 0 Å². The second kappa shape index (κ2) is 7.49. The van der Waals surface area contributed by atoms with E-state index in [4.69, 9.17) is 16.3 Å². The fraction of sp³-hybridized carbons (Fsp3) is 0.263. The molecule has 0 aliphatic heterocycles. The highest BCUT2D eigenvalue weighted by Gasteiger charge is 2.21. The molecule has 1 aliphatic carbocycles. The van der Waals surface area contributed by atoms with Crippen LogP contribution in [0, 0.1) is 0 Å². The van der Waals surface area contributed by atoms with Crippen molar-refractivity contribution in [2.45, 2.75) is 25.3 Å². The standard InChI is InChI=1S/C19H18ClNO3/c20-15-10-8-14(9-11-15)19(23)24-12-18(22)21-17-7-3-5-13-4-1-2-6-16(13)17/h1-2,4,6,8-11,17H,3,5,7,12H2,(H,21,22)/t17-/m1/s1. The van der Waals surface area contributed by atoms with E-state index >= 15 is 0 Å². The largest absolute Gasteiger partial charge is 0.452 e. The van der Waals surface area contributed by atoms with Crippen molar-refractivity contribution in [2.24, 2.45) is 0 Å². The van der Waals surface area contributed by atoms with Crippen LogP contribution in [-0.2, 0) is 16.0 Å². The number of carbonyl (C=O) groups excluding carboxylic acids is 2. The normalized spacial score (nSPS) is 16.1. The second-order valence-electron chi connectivity index (χ2n) is 5.79. The summed E-state index contributed by atoms with van der Waals surface area (Å²) in [7, 11) is 0. The lowest BCUT2D eigenvalue weighted by Gasteiger charge is -2.26. The molecule has 24 heavy (non-hydrogen) atoms. The van der Waals surface area contributed by atoms with Gasteiger partial charge >= 0.3 is 5.97 Å². The highest BCUT2D eigenvalue weighted by atomic mass is 35.5. The van der Waals surface area contributed by atoms with Gasteiger partial charge in [-0.05, 0) is 54.7 Å². The minimum atomic E-state index is -0.536. The van der Waals surface area contributed by atoms with Crippen molar-refractivity contribution in [1.82, 2.24) is 5.32 Å². The predicted molar refractivity (Wildman–Crippen MR) is 92.0 cm³/mol. The van der Waals surface area contributed by atoms with Gasteiger partial charge in [0.15, 0.2) is 6.61 Å². The molecule has 0 unspecified atom stereocenters. The van der Waals surface area contributed by atoms with Gasteiger partial charge in [0.2, 0.25) is 0 Å². The fourth-order valence-electron chi connectivity index (χ4n) is 2.94. The van der Waals surface area contributed by atoms with Crippen molar-refractivity contribution in [2.75, 3.05) is 6.61 Å². The fourth-order valence-corrected chi connectivity index (χ4v) is 3.07. The number of nitrogens with one attached hydrogen (secondary N) is 1. The molecule has 0 saturated heterocycles. The molecule has 0 bridgehead atoms. The summed E-state index contributed by atoms with van der Waals surface area (Å²) in [6, 6.07) is 14.5. The first-order chi connectivity index (χ1) is 11.6. The smallest absolute Gasteiger partial charge is 0.338 e. The van der Waals surface area contributed by atoms with Gasteiger partial charge in [-0.1, -0.05) is 35.9 Å². The molecule has 3 rings (SSSR count). The lowest BCUT2D eigenvalue weighted by molar-refractivity contribution is -0.125. The highest BCUT2D eigenvalue weighted by Crippen LogP contribution is 2.29. The number of amides is 1. The average molecular weight is 344 g/mol. The number of rotatable bonds is 4. The van der Waals surface area contributed by atoms with Gasteiger partial charge < -0.3 is 10.1 Å².